The Morgan fingerprint density at radius 1 is 0.878 bits per heavy atom. The summed E-state index contributed by atoms with van der Waals surface area (Å²) in [6, 6.07) is 26.4. The van der Waals surface area contributed by atoms with Crippen LogP contribution in [0.2, 0.25) is 0 Å². The fraction of sp³-hybridized carbons (Fsp3) is 0.182. The SMILES string of the molecule is CCCCc1ccc(C(=O)NC(=C=O)OCc2ccccc2)c(=O)n1Cc1ccc(-c2ccccc2C(=O)O)cc1. The van der Waals surface area contributed by atoms with Gasteiger partial charge in [-0.15, -0.1) is 0 Å². The fourth-order valence-electron chi connectivity index (χ4n) is 4.42. The zero-order valence-corrected chi connectivity index (χ0v) is 22.6. The van der Waals surface area contributed by atoms with Crippen LogP contribution in [-0.4, -0.2) is 27.5 Å². The lowest BCUT2D eigenvalue weighted by atomic mass is 9.98. The summed E-state index contributed by atoms with van der Waals surface area (Å²) in [7, 11) is 0. The number of carbonyl (C=O) groups is 2. The van der Waals surface area contributed by atoms with Crippen LogP contribution < -0.4 is 10.9 Å². The highest BCUT2D eigenvalue weighted by molar-refractivity contribution is 5.96. The molecule has 0 spiro atoms. The predicted octanol–water partition coefficient (Wildman–Crippen LogP) is 5.22. The Hall–Kier alpha value is -5.20. The van der Waals surface area contributed by atoms with Crippen molar-refractivity contribution < 1.29 is 24.2 Å². The van der Waals surface area contributed by atoms with Gasteiger partial charge >= 0.3 is 5.97 Å². The Morgan fingerprint density at radius 3 is 2.27 bits per heavy atom. The summed E-state index contributed by atoms with van der Waals surface area (Å²) in [5.74, 6) is -0.598. The van der Waals surface area contributed by atoms with Gasteiger partial charge in [0.15, 0.2) is 5.94 Å². The minimum Gasteiger partial charge on any atom is -0.478 e. The molecule has 0 aliphatic heterocycles. The predicted molar refractivity (Wildman–Crippen MR) is 155 cm³/mol. The van der Waals surface area contributed by atoms with Crippen molar-refractivity contribution in [2.45, 2.75) is 39.3 Å². The maximum Gasteiger partial charge on any atom is 0.336 e. The minimum atomic E-state index is -1.01. The number of benzene rings is 3. The van der Waals surface area contributed by atoms with Crippen LogP contribution in [0.15, 0.2) is 102 Å². The summed E-state index contributed by atoms with van der Waals surface area (Å²) in [4.78, 5) is 49.6. The quantitative estimate of drug-likeness (QED) is 0.185. The van der Waals surface area contributed by atoms with Crippen molar-refractivity contribution in [3.8, 4) is 11.1 Å². The second-order valence-corrected chi connectivity index (χ2v) is 9.44. The molecule has 1 aromatic heterocycles. The molecule has 41 heavy (non-hydrogen) atoms. The van der Waals surface area contributed by atoms with Crippen molar-refractivity contribution in [2.75, 3.05) is 0 Å². The van der Waals surface area contributed by atoms with Gasteiger partial charge in [0, 0.05) is 5.69 Å². The van der Waals surface area contributed by atoms with Gasteiger partial charge < -0.3 is 14.4 Å². The summed E-state index contributed by atoms with van der Waals surface area (Å²) in [5, 5.41) is 11.9. The number of nitrogens with zero attached hydrogens (tertiary/aromatic N) is 1. The lowest BCUT2D eigenvalue weighted by Gasteiger charge is -2.16. The smallest absolute Gasteiger partial charge is 0.336 e. The third-order valence-corrected chi connectivity index (χ3v) is 6.60. The van der Waals surface area contributed by atoms with Crippen LogP contribution in [0.5, 0.6) is 0 Å². The van der Waals surface area contributed by atoms with Crippen molar-refractivity contribution in [3.05, 3.63) is 135 Å². The topological polar surface area (TPSA) is 115 Å². The highest BCUT2D eigenvalue weighted by atomic mass is 16.5. The molecule has 8 nitrogen and oxygen atoms in total. The Labute approximate surface area is 237 Å². The lowest BCUT2D eigenvalue weighted by Crippen LogP contribution is -2.35. The van der Waals surface area contributed by atoms with E-state index in [9.17, 15) is 24.3 Å². The zero-order chi connectivity index (χ0) is 29.2. The molecule has 0 saturated carbocycles. The van der Waals surface area contributed by atoms with Crippen LogP contribution in [-0.2, 0) is 29.1 Å². The Morgan fingerprint density at radius 2 is 1.59 bits per heavy atom. The summed E-state index contributed by atoms with van der Waals surface area (Å²) in [6.07, 6.45) is 2.44. The van der Waals surface area contributed by atoms with E-state index in [-0.39, 0.29) is 24.3 Å². The summed E-state index contributed by atoms with van der Waals surface area (Å²) in [5.41, 5.74) is 3.29. The number of aromatic carboxylic acids is 1. The van der Waals surface area contributed by atoms with Gasteiger partial charge in [-0.25, -0.2) is 9.59 Å². The van der Waals surface area contributed by atoms with Crippen LogP contribution in [0.4, 0.5) is 0 Å². The average Bonchev–Trinajstić information content (AvgIpc) is 3.00. The van der Waals surface area contributed by atoms with Gasteiger partial charge in [-0.1, -0.05) is 86.1 Å². The highest BCUT2D eigenvalue weighted by Gasteiger charge is 2.18. The van der Waals surface area contributed by atoms with Crippen molar-refractivity contribution >= 4 is 17.8 Å². The number of amides is 1. The molecule has 0 fully saturated rings. The third-order valence-electron chi connectivity index (χ3n) is 6.60. The molecule has 4 rings (SSSR count). The second-order valence-electron chi connectivity index (χ2n) is 9.44. The Balaban J connectivity index is 1.57. The normalized spacial score (nSPS) is 10.5. The van der Waals surface area contributed by atoms with Crippen LogP contribution in [0.1, 0.15) is 57.3 Å². The van der Waals surface area contributed by atoms with E-state index in [2.05, 4.69) is 12.2 Å². The fourth-order valence-corrected chi connectivity index (χ4v) is 4.42. The Kier molecular flexibility index (Phi) is 9.65. The van der Waals surface area contributed by atoms with E-state index in [0.29, 0.717) is 12.0 Å². The second kappa shape index (κ2) is 13.7. The maximum absolute atomic E-state index is 13.5. The molecule has 3 aromatic carbocycles. The van der Waals surface area contributed by atoms with Gasteiger partial charge in [-0.05, 0) is 53.3 Å². The van der Waals surface area contributed by atoms with Gasteiger partial charge in [0.05, 0.1) is 12.1 Å². The minimum absolute atomic E-state index is 0.0544. The molecule has 0 atom stereocenters. The number of hydrogen-bond acceptors (Lipinski definition) is 5. The molecule has 0 aliphatic rings. The Bertz CT molecular complexity index is 1630. The maximum atomic E-state index is 13.5. The molecule has 1 heterocycles. The molecule has 8 heteroatoms. The lowest BCUT2D eigenvalue weighted by molar-refractivity contribution is 0.0697. The van der Waals surface area contributed by atoms with Crippen molar-refractivity contribution in [3.63, 3.8) is 0 Å². The molecule has 0 saturated heterocycles. The van der Waals surface area contributed by atoms with Gasteiger partial charge in [0.25, 0.3) is 17.3 Å². The first-order chi connectivity index (χ1) is 19.9. The molecule has 0 bridgehead atoms. The molecule has 208 valence electrons. The first-order valence-corrected chi connectivity index (χ1v) is 13.3. The van der Waals surface area contributed by atoms with E-state index in [1.165, 1.54) is 6.07 Å². The number of hydrogen-bond donors (Lipinski definition) is 2. The first-order valence-electron chi connectivity index (χ1n) is 13.3. The first kappa shape index (κ1) is 28.8. The van der Waals surface area contributed by atoms with E-state index in [1.54, 1.807) is 40.8 Å². The summed E-state index contributed by atoms with van der Waals surface area (Å²) < 4.78 is 6.95. The number of unbranched alkanes of at least 4 members (excludes halogenated alkanes) is 1. The third kappa shape index (κ3) is 7.26. The van der Waals surface area contributed by atoms with Gasteiger partial charge in [-0.2, -0.15) is 0 Å². The number of carboxylic acids is 1. The molecule has 0 aliphatic carbocycles. The largest absolute Gasteiger partial charge is 0.478 e. The van der Waals surface area contributed by atoms with Crippen molar-refractivity contribution in [1.29, 1.82) is 0 Å². The number of carboxylic acid groups (broad SMARTS) is 1. The molecule has 1 amide bonds. The molecule has 2 N–H and O–H groups in total. The molecular formula is C33H30N2O6. The van der Waals surface area contributed by atoms with Crippen molar-refractivity contribution in [1.82, 2.24) is 9.88 Å². The van der Waals surface area contributed by atoms with Gasteiger partial charge in [0.1, 0.15) is 12.2 Å². The number of pyridine rings is 1. The number of aryl methyl sites for hydroxylation is 1. The van der Waals surface area contributed by atoms with Crippen LogP contribution in [0.3, 0.4) is 0 Å². The van der Waals surface area contributed by atoms with Crippen LogP contribution in [0.25, 0.3) is 11.1 Å². The summed E-state index contributed by atoms with van der Waals surface area (Å²) in [6.45, 7) is 2.32. The molecule has 4 aromatic rings. The van der Waals surface area contributed by atoms with Crippen molar-refractivity contribution in [2.24, 2.45) is 0 Å². The number of rotatable bonds is 12. The van der Waals surface area contributed by atoms with E-state index in [0.717, 1.165) is 35.2 Å². The monoisotopic (exact) mass is 550 g/mol. The number of aromatic nitrogens is 1. The number of carbonyl (C=O) groups excluding carboxylic acids is 2. The standard InChI is InChI=1S/C33H30N2O6/c1-2-3-11-26-18-19-29(31(37)34-30(21-36)41-22-24-9-5-4-6-10-24)32(38)35(26)20-23-14-16-25(17-15-23)27-12-7-8-13-28(27)33(39)40/h4-10,12-19H,2-3,11,20,22H2,1H3,(H,34,37)(H,39,40). The van der Waals surface area contributed by atoms with E-state index < -0.39 is 23.3 Å². The van der Waals surface area contributed by atoms with Crippen LogP contribution >= 0.6 is 0 Å². The van der Waals surface area contributed by atoms with E-state index >= 15 is 0 Å². The van der Waals surface area contributed by atoms with Crippen LogP contribution in [0, 0.1) is 0 Å². The highest BCUT2D eigenvalue weighted by Crippen LogP contribution is 2.24. The number of ether oxygens (including phenoxy) is 1. The molecule has 0 radical (unpaired) electrons. The molecular weight excluding hydrogens is 520 g/mol. The summed E-state index contributed by atoms with van der Waals surface area (Å²) >= 11 is 0. The zero-order valence-electron chi connectivity index (χ0n) is 22.6. The average molecular weight is 551 g/mol. The van der Waals surface area contributed by atoms with E-state index in [1.807, 2.05) is 54.6 Å². The number of nitrogens with one attached hydrogen (secondary N) is 1. The van der Waals surface area contributed by atoms with Gasteiger partial charge in [0.2, 0.25) is 0 Å². The van der Waals surface area contributed by atoms with E-state index in [4.69, 9.17) is 4.74 Å². The van der Waals surface area contributed by atoms with Gasteiger partial charge in [-0.3, -0.25) is 14.9 Å². The molecule has 0 unspecified atom stereocenters.